The Balaban J connectivity index is 0.00000280. The number of piperazine rings is 1. The number of hydrogen-bond acceptors (Lipinski definition) is 4. The molecule has 1 aliphatic rings. The average Bonchev–Trinajstić information content (AvgIpc) is 3.12. The molecule has 2 aromatic rings. The van der Waals surface area contributed by atoms with E-state index in [9.17, 15) is 0 Å². The van der Waals surface area contributed by atoms with Crippen LogP contribution in [0, 0.1) is 6.92 Å². The van der Waals surface area contributed by atoms with Crippen molar-refractivity contribution in [1.82, 2.24) is 20.1 Å². The Morgan fingerprint density at radius 3 is 2.61 bits per heavy atom. The maximum absolute atomic E-state index is 4.82. The molecule has 0 radical (unpaired) electrons. The second-order valence-electron chi connectivity index (χ2n) is 6.62. The van der Waals surface area contributed by atoms with Crippen LogP contribution in [0.1, 0.15) is 22.4 Å². The normalized spacial score (nSPS) is 15.6. The lowest BCUT2D eigenvalue weighted by molar-refractivity contribution is 0.194. The van der Waals surface area contributed by atoms with Crippen LogP contribution in [0.25, 0.3) is 6.08 Å². The minimum Gasteiger partial charge on any atom is -0.357 e. The standard InChI is InChI=1S/C21H29N5S.HI/c1-3-22-21(24-17-20-16-23-18(2)27-20)26-14-12-25(13-15-26)11-7-10-19-8-5-4-6-9-19;/h4-10,16H,3,11-15,17H2,1-2H3,(H,22,24);1H/b10-7+;. The summed E-state index contributed by atoms with van der Waals surface area (Å²) in [6.45, 7) is 10.9. The van der Waals surface area contributed by atoms with E-state index < -0.39 is 0 Å². The Hall–Kier alpha value is -1.45. The van der Waals surface area contributed by atoms with E-state index in [0.29, 0.717) is 6.54 Å². The van der Waals surface area contributed by atoms with Crippen molar-refractivity contribution in [3.63, 3.8) is 0 Å². The van der Waals surface area contributed by atoms with Gasteiger partial charge in [-0.1, -0.05) is 42.5 Å². The van der Waals surface area contributed by atoms with Crippen LogP contribution < -0.4 is 5.32 Å². The topological polar surface area (TPSA) is 43.8 Å². The van der Waals surface area contributed by atoms with Crippen LogP contribution in [0.2, 0.25) is 0 Å². The van der Waals surface area contributed by atoms with Gasteiger partial charge in [0, 0.05) is 50.3 Å². The maximum Gasteiger partial charge on any atom is 0.194 e. The summed E-state index contributed by atoms with van der Waals surface area (Å²) in [5, 5.41) is 4.54. The van der Waals surface area contributed by atoms with Gasteiger partial charge in [0.15, 0.2) is 5.96 Å². The minimum atomic E-state index is 0. The molecule has 1 N–H and O–H groups in total. The summed E-state index contributed by atoms with van der Waals surface area (Å²) in [6.07, 6.45) is 6.40. The van der Waals surface area contributed by atoms with Crippen molar-refractivity contribution in [1.29, 1.82) is 0 Å². The number of aliphatic imine (C=N–C) groups is 1. The molecule has 5 nitrogen and oxygen atoms in total. The number of thiazole rings is 1. The molecule has 2 heterocycles. The summed E-state index contributed by atoms with van der Waals surface area (Å²) >= 11 is 1.72. The molecule has 0 amide bonds. The van der Waals surface area contributed by atoms with E-state index in [2.05, 4.69) is 69.5 Å². The van der Waals surface area contributed by atoms with E-state index in [4.69, 9.17) is 4.99 Å². The van der Waals surface area contributed by atoms with Crippen molar-refractivity contribution in [3.05, 3.63) is 58.1 Å². The fourth-order valence-corrected chi connectivity index (χ4v) is 3.82. The van der Waals surface area contributed by atoms with Crippen LogP contribution in [0.15, 0.2) is 47.6 Å². The monoisotopic (exact) mass is 511 g/mol. The Bertz CT molecular complexity index is 751. The third kappa shape index (κ3) is 7.18. The first-order chi connectivity index (χ1) is 13.2. The quantitative estimate of drug-likeness (QED) is 0.364. The highest BCUT2D eigenvalue weighted by atomic mass is 127. The first kappa shape index (κ1) is 22.8. The van der Waals surface area contributed by atoms with Crippen molar-refractivity contribution in [2.75, 3.05) is 39.3 Å². The first-order valence-electron chi connectivity index (χ1n) is 9.63. The van der Waals surface area contributed by atoms with Gasteiger partial charge in [-0.15, -0.1) is 35.3 Å². The first-order valence-corrected chi connectivity index (χ1v) is 10.4. The zero-order valence-corrected chi connectivity index (χ0v) is 19.8. The molecule has 28 heavy (non-hydrogen) atoms. The Labute approximate surface area is 189 Å². The third-order valence-electron chi connectivity index (χ3n) is 4.53. The number of hydrogen-bond donors (Lipinski definition) is 1. The van der Waals surface area contributed by atoms with Gasteiger partial charge in [-0.25, -0.2) is 9.98 Å². The number of halogens is 1. The highest BCUT2D eigenvalue weighted by Crippen LogP contribution is 2.13. The van der Waals surface area contributed by atoms with Crippen LogP contribution in [-0.4, -0.2) is 60.0 Å². The van der Waals surface area contributed by atoms with Crippen LogP contribution in [-0.2, 0) is 6.54 Å². The molecule has 0 atom stereocenters. The third-order valence-corrected chi connectivity index (χ3v) is 5.43. The van der Waals surface area contributed by atoms with Gasteiger partial charge < -0.3 is 10.2 Å². The van der Waals surface area contributed by atoms with Crippen molar-refractivity contribution < 1.29 is 0 Å². The number of guanidine groups is 1. The number of nitrogens with one attached hydrogen (secondary N) is 1. The van der Waals surface area contributed by atoms with Gasteiger partial charge in [-0.05, 0) is 19.4 Å². The molecule has 0 unspecified atom stereocenters. The highest BCUT2D eigenvalue weighted by Gasteiger charge is 2.18. The molecule has 0 saturated carbocycles. The van der Waals surface area contributed by atoms with Crippen molar-refractivity contribution in [3.8, 4) is 0 Å². The summed E-state index contributed by atoms with van der Waals surface area (Å²) in [5.41, 5.74) is 1.26. The van der Waals surface area contributed by atoms with Crippen LogP contribution in [0.5, 0.6) is 0 Å². The fourth-order valence-electron chi connectivity index (χ4n) is 3.10. The maximum atomic E-state index is 4.82. The number of aryl methyl sites for hydroxylation is 1. The SMILES string of the molecule is CCNC(=NCc1cnc(C)s1)N1CCN(C/C=C/c2ccccc2)CC1.I. The second kappa shape index (κ2) is 12.2. The molecule has 1 aliphatic heterocycles. The number of nitrogens with zero attached hydrogens (tertiary/aromatic N) is 4. The highest BCUT2D eigenvalue weighted by molar-refractivity contribution is 14.0. The molecule has 0 bridgehead atoms. The predicted octanol–water partition coefficient (Wildman–Crippen LogP) is 3.87. The van der Waals surface area contributed by atoms with Crippen molar-refractivity contribution >= 4 is 47.3 Å². The molecule has 1 aromatic carbocycles. The fraction of sp³-hybridized carbons (Fsp3) is 0.429. The van der Waals surface area contributed by atoms with Gasteiger partial charge in [0.25, 0.3) is 0 Å². The van der Waals surface area contributed by atoms with Gasteiger partial charge >= 0.3 is 0 Å². The molecular formula is C21H30IN5S. The van der Waals surface area contributed by atoms with E-state index in [0.717, 1.165) is 50.2 Å². The zero-order chi connectivity index (χ0) is 18.9. The number of rotatable bonds is 6. The summed E-state index contributed by atoms with van der Waals surface area (Å²) in [4.78, 5) is 15.2. The van der Waals surface area contributed by atoms with E-state index in [1.54, 1.807) is 11.3 Å². The molecule has 1 aromatic heterocycles. The van der Waals surface area contributed by atoms with E-state index in [-0.39, 0.29) is 24.0 Å². The molecule has 152 valence electrons. The summed E-state index contributed by atoms with van der Waals surface area (Å²) in [6, 6.07) is 10.5. The summed E-state index contributed by atoms with van der Waals surface area (Å²) in [5.74, 6) is 1.02. The molecule has 1 fully saturated rings. The molecule has 3 rings (SSSR count). The van der Waals surface area contributed by atoms with Gasteiger partial charge in [0.1, 0.15) is 0 Å². The average molecular weight is 511 g/mol. The Morgan fingerprint density at radius 2 is 1.96 bits per heavy atom. The number of aromatic nitrogens is 1. The Morgan fingerprint density at radius 1 is 1.21 bits per heavy atom. The molecule has 1 saturated heterocycles. The smallest absolute Gasteiger partial charge is 0.194 e. The molecule has 0 aliphatic carbocycles. The van der Waals surface area contributed by atoms with E-state index >= 15 is 0 Å². The van der Waals surface area contributed by atoms with Gasteiger partial charge in [-0.3, -0.25) is 4.90 Å². The van der Waals surface area contributed by atoms with Gasteiger partial charge in [-0.2, -0.15) is 0 Å². The molecule has 0 spiro atoms. The van der Waals surface area contributed by atoms with Crippen LogP contribution in [0.3, 0.4) is 0 Å². The van der Waals surface area contributed by atoms with Crippen molar-refractivity contribution in [2.45, 2.75) is 20.4 Å². The van der Waals surface area contributed by atoms with Gasteiger partial charge in [0.05, 0.1) is 11.6 Å². The predicted molar refractivity (Wildman–Crippen MR) is 131 cm³/mol. The lowest BCUT2D eigenvalue weighted by Crippen LogP contribution is -2.52. The number of benzene rings is 1. The molecular weight excluding hydrogens is 481 g/mol. The summed E-state index contributed by atoms with van der Waals surface area (Å²) in [7, 11) is 0. The van der Waals surface area contributed by atoms with Crippen LogP contribution >= 0.6 is 35.3 Å². The second-order valence-corrected chi connectivity index (χ2v) is 7.94. The van der Waals surface area contributed by atoms with Gasteiger partial charge in [0.2, 0.25) is 0 Å². The lowest BCUT2D eigenvalue weighted by Gasteiger charge is -2.36. The largest absolute Gasteiger partial charge is 0.357 e. The Kier molecular flexibility index (Phi) is 9.94. The minimum absolute atomic E-state index is 0. The molecule has 7 heteroatoms. The lowest BCUT2D eigenvalue weighted by atomic mass is 10.2. The van der Waals surface area contributed by atoms with Crippen LogP contribution in [0.4, 0.5) is 0 Å². The van der Waals surface area contributed by atoms with Crippen molar-refractivity contribution in [2.24, 2.45) is 4.99 Å². The van der Waals surface area contributed by atoms with E-state index in [1.165, 1.54) is 10.4 Å². The summed E-state index contributed by atoms with van der Waals surface area (Å²) < 4.78 is 0. The zero-order valence-electron chi connectivity index (χ0n) is 16.7. The van der Waals surface area contributed by atoms with E-state index in [1.807, 2.05) is 13.1 Å².